The van der Waals surface area contributed by atoms with Crippen molar-refractivity contribution in [1.82, 2.24) is 9.97 Å². The molecule has 0 unspecified atom stereocenters. The summed E-state index contributed by atoms with van der Waals surface area (Å²) in [5.41, 5.74) is 0. The second-order valence-electron chi connectivity index (χ2n) is 4.37. The predicted octanol–water partition coefficient (Wildman–Crippen LogP) is 3.86. The summed E-state index contributed by atoms with van der Waals surface area (Å²) in [6.07, 6.45) is 3.19. The number of hydrogen-bond donors (Lipinski definition) is 1. The van der Waals surface area contributed by atoms with E-state index in [0.29, 0.717) is 18.4 Å². The molecule has 0 spiro atoms. The van der Waals surface area contributed by atoms with Crippen LogP contribution in [-0.4, -0.2) is 23.1 Å². The fourth-order valence-corrected chi connectivity index (χ4v) is 2.74. The van der Waals surface area contributed by atoms with Gasteiger partial charge in [-0.05, 0) is 25.8 Å². The summed E-state index contributed by atoms with van der Waals surface area (Å²) in [5.74, 6) is 1.37. The Morgan fingerprint density at radius 2 is 2.11 bits per heavy atom. The molecule has 2 heterocycles. The van der Waals surface area contributed by atoms with Crippen LogP contribution < -0.4 is 10.1 Å². The molecule has 0 aliphatic heterocycles. The number of ether oxygens (including phenoxy) is 1. The van der Waals surface area contributed by atoms with Gasteiger partial charge in [-0.25, -0.2) is 4.98 Å². The number of nitrogens with one attached hydrogen (secondary N) is 1. The van der Waals surface area contributed by atoms with Crippen LogP contribution in [0.4, 0.5) is 5.95 Å². The summed E-state index contributed by atoms with van der Waals surface area (Å²) < 4.78 is 5.82. The number of unbranched alkanes of at least 4 members (excludes halogenated alkanes) is 1. The smallest absolute Gasteiger partial charge is 0.227 e. The molecule has 0 aliphatic rings. The minimum absolute atomic E-state index is 0.658. The van der Waals surface area contributed by atoms with Crippen LogP contribution in [-0.2, 0) is 6.42 Å². The van der Waals surface area contributed by atoms with Gasteiger partial charge in [0, 0.05) is 11.4 Å². The molecule has 0 aromatic carbocycles. The van der Waals surface area contributed by atoms with Crippen molar-refractivity contribution in [3.05, 3.63) is 10.9 Å². The summed E-state index contributed by atoms with van der Waals surface area (Å²) >= 11 is 1.72. The van der Waals surface area contributed by atoms with Crippen LogP contribution in [0.5, 0.6) is 5.88 Å². The minimum Gasteiger partial charge on any atom is -0.477 e. The molecule has 19 heavy (non-hydrogen) atoms. The molecular formula is C14H21N3OS. The van der Waals surface area contributed by atoms with E-state index in [2.05, 4.69) is 35.2 Å². The first-order valence-electron chi connectivity index (χ1n) is 6.95. The summed E-state index contributed by atoms with van der Waals surface area (Å²) in [6.45, 7) is 7.87. The van der Waals surface area contributed by atoms with Crippen molar-refractivity contribution in [1.29, 1.82) is 0 Å². The third-order valence-electron chi connectivity index (χ3n) is 2.83. The first kappa shape index (κ1) is 14.1. The SMILES string of the molecule is CCCCOc1nc(NCC)nc2sc(CC)cc12. The third kappa shape index (κ3) is 3.35. The van der Waals surface area contributed by atoms with Crippen LogP contribution >= 0.6 is 11.3 Å². The average molecular weight is 279 g/mol. The zero-order valence-corrected chi connectivity index (χ0v) is 12.6. The summed E-state index contributed by atoms with van der Waals surface area (Å²) in [4.78, 5) is 11.3. The molecule has 5 heteroatoms. The second kappa shape index (κ2) is 6.70. The van der Waals surface area contributed by atoms with Crippen LogP contribution in [0.15, 0.2) is 6.07 Å². The first-order chi connectivity index (χ1) is 9.28. The van der Waals surface area contributed by atoms with Gasteiger partial charge in [-0.15, -0.1) is 11.3 Å². The predicted molar refractivity (Wildman–Crippen MR) is 81.4 cm³/mol. The number of aryl methyl sites for hydroxylation is 1. The number of aromatic nitrogens is 2. The molecule has 2 rings (SSSR count). The quantitative estimate of drug-likeness (QED) is 0.782. The molecule has 0 amide bonds. The molecule has 0 saturated carbocycles. The molecule has 2 aromatic heterocycles. The van der Waals surface area contributed by atoms with Gasteiger partial charge >= 0.3 is 0 Å². The van der Waals surface area contributed by atoms with Gasteiger partial charge in [0.1, 0.15) is 4.83 Å². The van der Waals surface area contributed by atoms with Crippen molar-refractivity contribution in [3.8, 4) is 5.88 Å². The number of nitrogens with zero attached hydrogens (tertiary/aromatic N) is 2. The standard InChI is InChI=1S/C14H21N3OS/c1-4-7-8-18-12-11-9-10(5-2)19-13(11)17-14(16-12)15-6-3/h9H,4-8H2,1-3H3,(H,15,16,17). The number of hydrogen-bond acceptors (Lipinski definition) is 5. The lowest BCUT2D eigenvalue weighted by Crippen LogP contribution is -2.05. The Balaban J connectivity index is 2.35. The van der Waals surface area contributed by atoms with Crippen LogP contribution in [0.25, 0.3) is 10.2 Å². The average Bonchev–Trinajstić information content (AvgIpc) is 2.82. The maximum absolute atomic E-state index is 5.82. The van der Waals surface area contributed by atoms with Gasteiger partial charge in [-0.1, -0.05) is 20.3 Å². The first-order valence-corrected chi connectivity index (χ1v) is 7.77. The fourth-order valence-electron chi connectivity index (χ4n) is 1.78. The number of fused-ring (bicyclic) bond motifs is 1. The van der Waals surface area contributed by atoms with Crippen molar-refractivity contribution >= 4 is 27.5 Å². The highest BCUT2D eigenvalue weighted by molar-refractivity contribution is 7.18. The summed E-state index contributed by atoms with van der Waals surface area (Å²) in [5, 5.41) is 4.20. The third-order valence-corrected chi connectivity index (χ3v) is 4.00. The Hall–Kier alpha value is -1.36. The Bertz CT molecular complexity index is 539. The highest BCUT2D eigenvalue weighted by Gasteiger charge is 2.12. The molecule has 0 saturated heterocycles. The second-order valence-corrected chi connectivity index (χ2v) is 5.49. The van der Waals surface area contributed by atoms with Gasteiger partial charge in [0.15, 0.2) is 0 Å². The van der Waals surface area contributed by atoms with Gasteiger partial charge in [-0.3, -0.25) is 0 Å². The van der Waals surface area contributed by atoms with Gasteiger partial charge in [-0.2, -0.15) is 4.98 Å². The molecule has 0 atom stereocenters. The zero-order chi connectivity index (χ0) is 13.7. The van der Waals surface area contributed by atoms with E-state index in [-0.39, 0.29) is 0 Å². The van der Waals surface area contributed by atoms with Gasteiger partial charge in [0.05, 0.1) is 12.0 Å². The van der Waals surface area contributed by atoms with E-state index < -0.39 is 0 Å². The van der Waals surface area contributed by atoms with Gasteiger partial charge in [0.25, 0.3) is 0 Å². The van der Waals surface area contributed by atoms with Crippen LogP contribution in [0.1, 0.15) is 38.5 Å². The highest BCUT2D eigenvalue weighted by Crippen LogP contribution is 2.31. The van der Waals surface area contributed by atoms with Crippen molar-refractivity contribution < 1.29 is 4.74 Å². The molecule has 0 bridgehead atoms. The monoisotopic (exact) mass is 279 g/mol. The largest absolute Gasteiger partial charge is 0.477 e. The normalized spacial score (nSPS) is 10.9. The Morgan fingerprint density at radius 1 is 1.26 bits per heavy atom. The van der Waals surface area contributed by atoms with Gasteiger partial charge in [0.2, 0.25) is 11.8 Å². The van der Waals surface area contributed by atoms with E-state index in [9.17, 15) is 0 Å². The molecule has 0 aliphatic carbocycles. The maximum Gasteiger partial charge on any atom is 0.227 e. The molecule has 104 valence electrons. The van der Waals surface area contributed by atoms with Crippen LogP contribution in [0.2, 0.25) is 0 Å². The number of rotatable bonds is 7. The van der Waals surface area contributed by atoms with E-state index in [0.717, 1.165) is 36.0 Å². The topological polar surface area (TPSA) is 47.0 Å². The van der Waals surface area contributed by atoms with Crippen molar-refractivity contribution in [2.45, 2.75) is 40.0 Å². The summed E-state index contributed by atoms with van der Waals surface area (Å²) in [7, 11) is 0. The maximum atomic E-state index is 5.82. The number of thiophene rings is 1. The minimum atomic E-state index is 0.658. The molecule has 0 fully saturated rings. The van der Waals surface area contributed by atoms with E-state index in [1.165, 1.54) is 4.88 Å². The Labute approximate surface area is 118 Å². The summed E-state index contributed by atoms with van der Waals surface area (Å²) in [6, 6.07) is 2.15. The van der Waals surface area contributed by atoms with E-state index in [1.54, 1.807) is 11.3 Å². The lowest BCUT2D eigenvalue weighted by atomic mass is 10.3. The molecule has 2 aromatic rings. The number of anilines is 1. The van der Waals surface area contributed by atoms with E-state index >= 15 is 0 Å². The Kier molecular flexibility index (Phi) is 4.96. The Morgan fingerprint density at radius 3 is 2.79 bits per heavy atom. The van der Waals surface area contributed by atoms with E-state index in [1.807, 2.05) is 6.92 Å². The van der Waals surface area contributed by atoms with Crippen molar-refractivity contribution in [2.24, 2.45) is 0 Å². The fraction of sp³-hybridized carbons (Fsp3) is 0.571. The lowest BCUT2D eigenvalue weighted by Gasteiger charge is -2.08. The molecule has 4 nitrogen and oxygen atoms in total. The van der Waals surface area contributed by atoms with E-state index in [4.69, 9.17) is 4.74 Å². The van der Waals surface area contributed by atoms with Gasteiger partial charge < -0.3 is 10.1 Å². The zero-order valence-electron chi connectivity index (χ0n) is 11.8. The van der Waals surface area contributed by atoms with Crippen LogP contribution in [0, 0.1) is 0 Å². The van der Waals surface area contributed by atoms with Crippen molar-refractivity contribution in [2.75, 3.05) is 18.5 Å². The van der Waals surface area contributed by atoms with Crippen LogP contribution in [0.3, 0.4) is 0 Å². The van der Waals surface area contributed by atoms with Crippen molar-refractivity contribution in [3.63, 3.8) is 0 Å². The highest BCUT2D eigenvalue weighted by atomic mass is 32.1. The lowest BCUT2D eigenvalue weighted by molar-refractivity contribution is 0.302. The molecule has 0 radical (unpaired) electrons. The molecular weight excluding hydrogens is 258 g/mol. The molecule has 1 N–H and O–H groups in total.